The van der Waals surface area contributed by atoms with Gasteiger partial charge in [0.05, 0.1) is 27.7 Å². The Bertz CT molecular complexity index is 1410. The first kappa shape index (κ1) is 64.2. The number of hydrogen-bond donors (Lipinski definition) is 0. The van der Waals surface area contributed by atoms with E-state index in [4.69, 9.17) is 18.5 Å². The van der Waals surface area contributed by atoms with Crippen LogP contribution in [-0.4, -0.2) is 70.0 Å². The fourth-order valence-electron chi connectivity index (χ4n) is 7.05. The van der Waals surface area contributed by atoms with Gasteiger partial charge in [-0.15, -0.1) is 0 Å². The molecule has 0 aromatic heterocycles. The van der Waals surface area contributed by atoms with Gasteiger partial charge in [0.25, 0.3) is 7.82 Å². The molecule has 0 aliphatic rings. The Morgan fingerprint density at radius 3 is 1.27 bits per heavy atom. The molecule has 0 N–H and O–H groups in total. The SMILES string of the molecule is CC/C=C\C/C=C\C/C=C\C/C=C\C/C=C\C/C=C\C/C=C\CCCCCCCCCCCCCCCC(=O)OC(COC(=O)CCCCCCCCCC)COP(=O)([O-])OCC[N+](C)(C)C. The van der Waals surface area contributed by atoms with Crippen molar-refractivity contribution in [3.63, 3.8) is 0 Å². The minimum atomic E-state index is -4.63. The molecule has 0 amide bonds. The molecule has 0 saturated heterocycles. The number of rotatable bonds is 48. The highest BCUT2D eigenvalue weighted by Gasteiger charge is 2.21. The van der Waals surface area contributed by atoms with Crippen molar-refractivity contribution < 1.29 is 42.1 Å². The molecular weight excluding hydrogens is 858 g/mol. The number of carbonyl (C=O) groups is 2. The summed E-state index contributed by atoms with van der Waals surface area (Å²) in [6.07, 6.45) is 63.7. The summed E-state index contributed by atoms with van der Waals surface area (Å²) in [6, 6.07) is 0. The molecule has 0 bridgehead atoms. The Labute approximate surface area is 411 Å². The maximum absolute atomic E-state index is 12.7. The van der Waals surface area contributed by atoms with Crippen LogP contribution in [0.1, 0.15) is 213 Å². The van der Waals surface area contributed by atoms with Crippen molar-refractivity contribution in [1.82, 2.24) is 0 Å². The number of ether oxygens (including phenoxy) is 2. The highest BCUT2D eigenvalue weighted by atomic mass is 31.2. The monoisotopic (exact) mass is 958 g/mol. The standard InChI is InChI=1S/C57H100NO8P/c1-6-8-10-12-14-16-17-18-19-20-21-22-23-24-25-26-27-28-29-30-31-32-33-34-35-36-37-38-39-40-41-42-44-46-48-50-57(60)66-55(54-65-67(61,62)64-52-51-58(3,4)5)53-63-56(59)49-47-45-43-15-13-11-9-7-2/h8,10,14,16,18-19,21-22,24-25,27-28,30-31,55H,6-7,9,11-13,15,17,20,23,26,29,32-54H2,1-5H3/b10-8-,16-14-,19-18-,22-21-,25-24-,28-27-,31-30-. The lowest BCUT2D eigenvalue weighted by molar-refractivity contribution is -0.870. The Balaban J connectivity index is 4.00. The molecule has 386 valence electrons. The summed E-state index contributed by atoms with van der Waals surface area (Å²) in [5.74, 6) is -0.840. The van der Waals surface area contributed by atoms with Gasteiger partial charge in [0.1, 0.15) is 19.8 Å². The van der Waals surface area contributed by atoms with Gasteiger partial charge in [-0.1, -0.05) is 214 Å². The molecule has 0 rings (SSSR count). The van der Waals surface area contributed by atoms with Gasteiger partial charge in [0, 0.05) is 12.8 Å². The number of phosphoric ester groups is 1. The quantitative estimate of drug-likeness (QED) is 0.0195. The molecule has 0 aromatic carbocycles. The number of likely N-dealkylation sites (N-methyl/N-ethyl adjacent to an activating group) is 1. The zero-order chi connectivity index (χ0) is 49.2. The first-order valence-electron chi connectivity index (χ1n) is 26.8. The summed E-state index contributed by atoms with van der Waals surface area (Å²) < 4.78 is 33.9. The molecule has 2 unspecified atom stereocenters. The second-order valence-electron chi connectivity index (χ2n) is 18.9. The number of nitrogens with zero attached hydrogens (tertiary/aromatic N) is 1. The Morgan fingerprint density at radius 2 is 0.851 bits per heavy atom. The number of allylic oxidation sites excluding steroid dienone is 14. The fraction of sp³-hybridized carbons (Fsp3) is 0.719. The molecule has 0 spiro atoms. The lowest BCUT2D eigenvalue weighted by Gasteiger charge is -2.28. The van der Waals surface area contributed by atoms with Crippen molar-refractivity contribution in [2.75, 3.05) is 47.5 Å². The number of phosphoric acid groups is 1. The third kappa shape index (κ3) is 52.4. The van der Waals surface area contributed by atoms with E-state index in [0.717, 1.165) is 83.5 Å². The number of esters is 2. The van der Waals surface area contributed by atoms with Gasteiger partial charge in [-0.2, -0.15) is 0 Å². The van der Waals surface area contributed by atoms with Crippen LogP contribution < -0.4 is 4.89 Å². The predicted octanol–water partition coefficient (Wildman–Crippen LogP) is 15.7. The summed E-state index contributed by atoms with van der Waals surface area (Å²) in [7, 11) is 1.16. The lowest BCUT2D eigenvalue weighted by atomic mass is 10.0. The van der Waals surface area contributed by atoms with Crippen LogP contribution in [0.15, 0.2) is 85.1 Å². The Kier molecular flexibility index (Phi) is 46.2. The highest BCUT2D eigenvalue weighted by Crippen LogP contribution is 2.38. The summed E-state index contributed by atoms with van der Waals surface area (Å²) in [5, 5.41) is 0. The van der Waals surface area contributed by atoms with Gasteiger partial charge in [-0.25, -0.2) is 0 Å². The first-order chi connectivity index (χ1) is 32.5. The van der Waals surface area contributed by atoms with Crippen molar-refractivity contribution >= 4 is 19.8 Å². The minimum absolute atomic E-state index is 0.0326. The van der Waals surface area contributed by atoms with E-state index in [2.05, 4.69) is 98.9 Å². The summed E-state index contributed by atoms with van der Waals surface area (Å²) in [6.45, 7) is 4.08. The Morgan fingerprint density at radius 1 is 0.478 bits per heavy atom. The molecular formula is C57H100NO8P. The van der Waals surface area contributed by atoms with Crippen LogP contribution in [0.25, 0.3) is 0 Å². The van der Waals surface area contributed by atoms with Gasteiger partial charge in [-0.3, -0.25) is 14.2 Å². The van der Waals surface area contributed by atoms with E-state index < -0.39 is 26.5 Å². The molecule has 9 nitrogen and oxygen atoms in total. The van der Waals surface area contributed by atoms with Gasteiger partial charge in [0.15, 0.2) is 6.10 Å². The van der Waals surface area contributed by atoms with E-state index in [-0.39, 0.29) is 32.0 Å². The molecule has 0 saturated carbocycles. The van der Waals surface area contributed by atoms with Crippen molar-refractivity contribution in [3.8, 4) is 0 Å². The second-order valence-corrected chi connectivity index (χ2v) is 20.3. The maximum atomic E-state index is 12.7. The van der Waals surface area contributed by atoms with Crippen molar-refractivity contribution in [2.24, 2.45) is 0 Å². The zero-order valence-corrected chi connectivity index (χ0v) is 44.5. The smallest absolute Gasteiger partial charge is 0.306 e. The first-order valence-corrected chi connectivity index (χ1v) is 28.3. The van der Waals surface area contributed by atoms with E-state index in [1.165, 1.54) is 96.3 Å². The number of quaternary nitrogens is 1. The maximum Gasteiger partial charge on any atom is 0.306 e. The zero-order valence-electron chi connectivity index (χ0n) is 43.6. The summed E-state index contributed by atoms with van der Waals surface area (Å²) in [4.78, 5) is 37.5. The van der Waals surface area contributed by atoms with Gasteiger partial charge in [-0.05, 0) is 70.6 Å². The van der Waals surface area contributed by atoms with E-state index >= 15 is 0 Å². The molecule has 0 heterocycles. The van der Waals surface area contributed by atoms with E-state index in [1.54, 1.807) is 0 Å². The van der Waals surface area contributed by atoms with Crippen molar-refractivity contribution in [2.45, 2.75) is 219 Å². The average Bonchev–Trinajstić information content (AvgIpc) is 3.29. The molecule has 0 aliphatic heterocycles. The average molecular weight is 958 g/mol. The van der Waals surface area contributed by atoms with Crippen LogP contribution >= 0.6 is 7.82 Å². The molecule has 67 heavy (non-hydrogen) atoms. The Hall–Kier alpha value is -2.81. The molecule has 0 aliphatic carbocycles. The van der Waals surface area contributed by atoms with Crippen LogP contribution in [0.2, 0.25) is 0 Å². The van der Waals surface area contributed by atoms with Gasteiger partial charge >= 0.3 is 11.9 Å². The van der Waals surface area contributed by atoms with Crippen LogP contribution in [0.3, 0.4) is 0 Å². The van der Waals surface area contributed by atoms with Gasteiger partial charge < -0.3 is 27.9 Å². The van der Waals surface area contributed by atoms with Crippen molar-refractivity contribution in [3.05, 3.63) is 85.1 Å². The molecule has 2 atom stereocenters. The van der Waals surface area contributed by atoms with E-state index in [0.29, 0.717) is 17.4 Å². The van der Waals surface area contributed by atoms with E-state index in [1.807, 2.05) is 21.1 Å². The largest absolute Gasteiger partial charge is 0.756 e. The molecule has 0 radical (unpaired) electrons. The molecule has 0 fully saturated rings. The lowest BCUT2D eigenvalue weighted by Crippen LogP contribution is -2.37. The normalized spacial score (nSPS) is 14.1. The molecule has 0 aromatic rings. The highest BCUT2D eigenvalue weighted by molar-refractivity contribution is 7.45. The van der Waals surface area contributed by atoms with Crippen LogP contribution in [0.4, 0.5) is 0 Å². The summed E-state index contributed by atoms with van der Waals surface area (Å²) in [5.41, 5.74) is 0. The predicted molar refractivity (Wildman–Crippen MR) is 282 cm³/mol. The van der Waals surface area contributed by atoms with Crippen LogP contribution in [-0.2, 0) is 32.7 Å². The third-order valence-electron chi connectivity index (χ3n) is 11.2. The summed E-state index contributed by atoms with van der Waals surface area (Å²) >= 11 is 0. The minimum Gasteiger partial charge on any atom is -0.756 e. The van der Waals surface area contributed by atoms with E-state index in [9.17, 15) is 19.0 Å². The third-order valence-corrected chi connectivity index (χ3v) is 12.1. The topological polar surface area (TPSA) is 111 Å². The number of hydrogen-bond acceptors (Lipinski definition) is 8. The number of unbranched alkanes of at least 4 members (excludes halogenated alkanes) is 20. The number of carbonyl (C=O) groups excluding carboxylic acids is 2. The van der Waals surface area contributed by atoms with Crippen LogP contribution in [0.5, 0.6) is 0 Å². The molecule has 10 heteroatoms. The second kappa shape index (κ2) is 48.2. The van der Waals surface area contributed by atoms with Crippen LogP contribution in [0, 0.1) is 0 Å². The van der Waals surface area contributed by atoms with Gasteiger partial charge in [0.2, 0.25) is 0 Å². The fourth-order valence-corrected chi connectivity index (χ4v) is 7.78. The van der Waals surface area contributed by atoms with Crippen molar-refractivity contribution in [1.29, 1.82) is 0 Å².